The molecule has 0 amide bonds. The van der Waals surface area contributed by atoms with Crippen molar-refractivity contribution in [3.05, 3.63) is 0 Å². The zero-order chi connectivity index (χ0) is 12.6. The van der Waals surface area contributed by atoms with Crippen LogP contribution in [-0.4, -0.2) is 55.7 Å². The van der Waals surface area contributed by atoms with Crippen molar-refractivity contribution in [2.45, 2.75) is 25.0 Å². The van der Waals surface area contributed by atoms with Gasteiger partial charge in [0, 0.05) is 19.5 Å². The zero-order valence-corrected chi connectivity index (χ0v) is 10.6. The molecule has 3 rings (SSSR count). The Labute approximate surface area is 106 Å². The van der Waals surface area contributed by atoms with Gasteiger partial charge < -0.3 is 14.3 Å². The summed E-state index contributed by atoms with van der Waals surface area (Å²) in [6.45, 7) is 3.09. The first-order chi connectivity index (χ1) is 8.78. The number of carbonyl (C=O) groups excluding carboxylic acids is 1. The van der Waals surface area contributed by atoms with Gasteiger partial charge in [0.1, 0.15) is 0 Å². The van der Waals surface area contributed by atoms with Crippen molar-refractivity contribution in [3.63, 3.8) is 0 Å². The summed E-state index contributed by atoms with van der Waals surface area (Å²) < 4.78 is 10.2. The molecule has 0 aromatic rings. The van der Waals surface area contributed by atoms with Crippen molar-refractivity contribution >= 4 is 11.7 Å². The quantitative estimate of drug-likeness (QED) is 0.666. The van der Waals surface area contributed by atoms with E-state index in [0.29, 0.717) is 18.9 Å². The first kappa shape index (κ1) is 11.9. The number of carbonyl (C=O) groups is 1. The molecule has 1 aliphatic carbocycles. The van der Waals surface area contributed by atoms with Crippen LogP contribution in [0.25, 0.3) is 0 Å². The zero-order valence-electron chi connectivity index (χ0n) is 10.6. The van der Waals surface area contributed by atoms with Crippen molar-refractivity contribution in [2.75, 3.05) is 33.4 Å². The molecule has 100 valence electrons. The minimum absolute atomic E-state index is 0.0445. The maximum Gasteiger partial charge on any atom is 0.356 e. The highest BCUT2D eigenvalue weighted by molar-refractivity contribution is 6.37. The minimum Gasteiger partial charge on any atom is -0.464 e. The van der Waals surface area contributed by atoms with E-state index in [1.165, 1.54) is 7.11 Å². The second-order valence-corrected chi connectivity index (χ2v) is 4.95. The largest absolute Gasteiger partial charge is 0.464 e. The second-order valence-electron chi connectivity index (χ2n) is 4.95. The first-order valence-electron chi connectivity index (χ1n) is 6.45. The lowest BCUT2D eigenvalue weighted by Gasteiger charge is -2.40. The Hall–Kier alpha value is -1.14. The summed E-state index contributed by atoms with van der Waals surface area (Å²) in [5, 5.41) is 4.00. The smallest absolute Gasteiger partial charge is 0.356 e. The average molecular weight is 254 g/mol. The van der Waals surface area contributed by atoms with Crippen LogP contribution in [0.2, 0.25) is 0 Å². The van der Waals surface area contributed by atoms with Gasteiger partial charge in [-0.1, -0.05) is 5.16 Å². The van der Waals surface area contributed by atoms with E-state index in [1.54, 1.807) is 0 Å². The fraction of sp³-hybridized carbons (Fsp3) is 0.833. The van der Waals surface area contributed by atoms with Gasteiger partial charge in [0.2, 0.25) is 0 Å². The van der Waals surface area contributed by atoms with E-state index in [4.69, 9.17) is 14.3 Å². The fourth-order valence-electron chi connectivity index (χ4n) is 3.27. The highest BCUT2D eigenvalue weighted by atomic mass is 16.7. The molecule has 6 heteroatoms. The van der Waals surface area contributed by atoms with Gasteiger partial charge in [-0.25, -0.2) is 4.79 Å². The molecule has 2 aliphatic heterocycles. The van der Waals surface area contributed by atoms with Crippen molar-refractivity contribution in [3.8, 4) is 0 Å². The summed E-state index contributed by atoms with van der Waals surface area (Å²) in [4.78, 5) is 19.7. The van der Waals surface area contributed by atoms with Crippen molar-refractivity contribution in [1.82, 2.24) is 4.90 Å². The Morgan fingerprint density at radius 2 is 2.28 bits per heavy atom. The molecule has 0 spiro atoms. The second kappa shape index (κ2) is 4.51. The van der Waals surface area contributed by atoms with Gasteiger partial charge in [0.15, 0.2) is 11.4 Å². The molecule has 1 saturated heterocycles. The van der Waals surface area contributed by atoms with Crippen molar-refractivity contribution < 1.29 is 19.1 Å². The number of esters is 1. The van der Waals surface area contributed by atoms with Crippen LogP contribution in [0.4, 0.5) is 0 Å². The number of oxime groups is 1. The van der Waals surface area contributed by atoms with Gasteiger partial charge in [-0.15, -0.1) is 0 Å². The summed E-state index contributed by atoms with van der Waals surface area (Å²) >= 11 is 0. The van der Waals surface area contributed by atoms with Gasteiger partial charge in [-0.3, -0.25) is 4.90 Å². The lowest BCUT2D eigenvalue weighted by Crippen LogP contribution is -2.56. The first-order valence-corrected chi connectivity index (χ1v) is 6.45. The number of nitrogens with zero attached hydrogens (tertiary/aromatic N) is 2. The summed E-state index contributed by atoms with van der Waals surface area (Å²) in [6.07, 6.45) is 2.91. The molecule has 0 aromatic carbocycles. The van der Waals surface area contributed by atoms with Gasteiger partial charge >= 0.3 is 5.97 Å². The number of morpholine rings is 1. The van der Waals surface area contributed by atoms with Crippen LogP contribution in [-0.2, 0) is 19.1 Å². The maximum absolute atomic E-state index is 11.7. The Kier molecular flexibility index (Phi) is 2.99. The molecule has 2 heterocycles. The molecular formula is C12H18N2O4. The lowest BCUT2D eigenvalue weighted by atomic mass is 9.93. The SMILES string of the molecule is COC(=O)C1=NO[C@@]2(N3CCOCC3)CCC[C@H]12. The molecule has 0 N–H and O–H groups in total. The molecule has 1 saturated carbocycles. The summed E-state index contributed by atoms with van der Waals surface area (Å²) in [7, 11) is 1.38. The van der Waals surface area contributed by atoms with E-state index >= 15 is 0 Å². The minimum atomic E-state index is -0.423. The maximum atomic E-state index is 11.7. The predicted molar refractivity (Wildman–Crippen MR) is 63.0 cm³/mol. The summed E-state index contributed by atoms with van der Waals surface area (Å²) in [5.41, 5.74) is 0.0225. The molecule has 18 heavy (non-hydrogen) atoms. The average Bonchev–Trinajstić information content (AvgIpc) is 2.98. The van der Waals surface area contributed by atoms with E-state index in [2.05, 4.69) is 10.1 Å². The number of hydrogen-bond donors (Lipinski definition) is 0. The van der Waals surface area contributed by atoms with Crippen LogP contribution in [0.3, 0.4) is 0 Å². The lowest BCUT2D eigenvalue weighted by molar-refractivity contribution is -0.173. The molecule has 6 nitrogen and oxygen atoms in total. The van der Waals surface area contributed by atoms with Crippen molar-refractivity contribution in [1.29, 1.82) is 0 Å². The van der Waals surface area contributed by atoms with Crippen LogP contribution in [0.1, 0.15) is 19.3 Å². The van der Waals surface area contributed by atoms with Crippen molar-refractivity contribution in [2.24, 2.45) is 11.1 Å². The third-order valence-corrected chi connectivity index (χ3v) is 4.15. The van der Waals surface area contributed by atoms with Crippen LogP contribution in [0.5, 0.6) is 0 Å². The highest BCUT2D eigenvalue weighted by Crippen LogP contribution is 2.46. The Balaban J connectivity index is 1.82. The van der Waals surface area contributed by atoms with Crippen LogP contribution in [0, 0.1) is 5.92 Å². The van der Waals surface area contributed by atoms with E-state index in [-0.39, 0.29) is 11.9 Å². The third-order valence-electron chi connectivity index (χ3n) is 4.15. The summed E-state index contributed by atoms with van der Waals surface area (Å²) in [5.74, 6) is -0.319. The van der Waals surface area contributed by atoms with E-state index in [9.17, 15) is 4.79 Å². The highest BCUT2D eigenvalue weighted by Gasteiger charge is 2.57. The van der Waals surface area contributed by atoms with E-state index in [0.717, 1.165) is 32.4 Å². The van der Waals surface area contributed by atoms with E-state index in [1.807, 2.05) is 0 Å². The van der Waals surface area contributed by atoms with Crippen LogP contribution >= 0.6 is 0 Å². The molecular weight excluding hydrogens is 236 g/mol. The molecule has 2 fully saturated rings. The molecule has 0 radical (unpaired) electrons. The predicted octanol–water partition coefficient (Wildman–Crippen LogP) is 0.374. The van der Waals surface area contributed by atoms with Gasteiger partial charge in [-0.2, -0.15) is 0 Å². The summed E-state index contributed by atoms with van der Waals surface area (Å²) in [6, 6.07) is 0. The Morgan fingerprint density at radius 1 is 1.50 bits per heavy atom. The monoisotopic (exact) mass is 254 g/mol. The molecule has 0 aromatic heterocycles. The topological polar surface area (TPSA) is 60.4 Å². The molecule has 0 unspecified atom stereocenters. The number of ether oxygens (including phenoxy) is 2. The number of methoxy groups -OCH3 is 1. The third kappa shape index (κ3) is 1.63. The van der Waals surface area contributed by atoms with Crippen LogP contribution in [0.15, 0.2) is 5.16 Å². The fourth-order valence-corrected chi connectivity index (χ4v) is 3.27. The normalized spacial score (nSPS) is 35.8. The van der Waals surface area contributed by atoms with E-state index < -0.39 is 5.72 Å². The standard InChI is InChI=1S/C12H18N2O4/c1-16-11(15)10-9-3-2-4-12(9,18-13-10)14-5-7-17-8-6-14/h9H,2-8H2,1H3/t9-,12+/m1/s1. The molecule has 0 bridgehead atoms. The van der Waals surface area contributed by atoms with Gasteiger partial charge in [0.05, 0.1) is 26.2 Å². The molecule has 2 atom stereocenters. The van der Waals surface area contributed by atoms with Gasteiger partial charge in [-0.05, 0) is 12.8 Å². The van der Waals surface area contributed by atoms with Gasteiger partial charge in [0.25, 0.3) is 0 Å². The molecule has 3 aliphatic rings. The van der Waals surface area contributed by atoms with Crippen LogP contribution < -0.4 is 0 Å². The number of hydrogen-bond acceptors (Lipinski definition) is 6. The Morgan fingerprint density at radius 3 is 3.00 bits per heavy atom. The number of rotatable bonds is 2. The number of fused-ring (bicyclic) bond motifs is 1. The Bertz CT molecular complexity index is 378.